The van der Waals surface area contributed by atoms with Gasteiger partial charge in [0.25, 0.3) is 5.56 Å². The van der Waals surface area contributed by atoms with Crippen molar-refractivity contribution in [2.45, 2.75) is 53.5 Å². The molecule has 2 rings (SSSR count). The number of nitrogens with one attached hydrogen (secondary N) is 1. The summed E-state index contributed by atoms with van der Waals surface area (Å²) in [4.78, 5) is 19.0. The van der Waals surface area contributed by atoms with Gasteiger partial charge in [-0.2, -0.15) is 0 Å². The fourth-order valence-electron chi connectivity index (χ4n) is 3.20. The highest BCUT2D eigenvalue weighted by atomic mass is 16.1. The van der Waals surface area contributed by atoms with Gasteiger partial charge in [-0.05, 0) is 44.6 Å². The summed E-state index contributed by atoms with van der Waals surface area (Å²) in [6.07, 6.45) is 3.18. The normalized spacial score (nSPS) is 17.3. The van der Waals surface area contributed by atoms with E-state index in [1.54, 1.807) is 6.07 Å². The average molecular weight is 332 g/mol. The molecule has 1 aromatic heterocycles. The predicted octanol–water partition coefficient (Wildman–Crippen LogP) is 2.63. The molecule has 1 aliphatic rings. The van der Waals surface area contributed by atoms with E-state index in [9.17, 15) is 4.79 Å². The molecule has 0 radical (unpaired) electrons. The summed E-state index contributed by atoms with van der Waals surface area (Å²) in [5.74, 6) is 1.04. The second-order valence-electron chi connectivity index (χ2n) is 7.44. The molecule has 1 N–H and O–H groups in total. The SMILES string of the molecule is CCNC(=NCCCCn1c(C)cccc1=O)N1CCC(C)(C)C1. The molecule has 0 atom stereocenters. The molecule has 0 amide bonds. The van der Waals surface area contributed by atoms with Crippen molar-refractivity contribution in [1.82, 2.24) is 14.8 Å². The first-order chi connectivity index (χ1) is 11.4. The molecule has 1 aliphatic heterocycles. The molecule has 0 aliphatic carbocycles. The minimum absolute atomic E-state index is 0.0890. The van der Waals surface area contributed by atoms with Crippen LogP contribution in [0, 0.1) is 12.3 Å². The van der Waals surface area contributed by atoms with Crippen molar-refractivity contribution in [3.8, 4) is 0 Å². The minimum Gasteiger partial charge on any atom is -0.357 e. The Bertz CT molecular complexity index is 618. The van der Waals surface area contributed by atoms with Crippen molar-refractivity contribution < 1.29 is 0 Å². The first-order valence-electron chi connectivity index (χ1n) is 9.13. The van der Waals surface area contributed by atoms with Gasteiger partial charge < -0.3 is 14.8 Å². The van der Waals surface area contributed by atoms with E-state index in [-0.39, 0.29) is 5.56 Å². The summed E-state index contributed by atoms with van der Waals surface area (Å²) in [6, 6.07) is 5.43. The Labute approximate surface area is 145 Å². The maximum Gasteiger partial charge on any atom is 0.250 e. The zero-order valence-electron chi connectivity index (χ0n) is 15.6. The van der Waals surface area contributed by atoms with Gasteiger partial charge in [0.15, 0.2) is 5.96 Å². The monoisotopic (exact) mass is 332 g/mol. The lowest BCUT2D eigenvalue weighted by Gasteiger charge is -2.23. The Morgan fingerprint density at radius 3 is 2.75 bits per heavy atom. The minimum atomic E-state index is 0.0890. The van der Waals surface area contributed by atoms with E-state index < -0.39 is 0 Å². The number of pyridine rings is 1. The second kappa shape index (κ2) is 8.36. The van der Waals surface area contributed by atoms with Crippen molar-refractivity contribution in [2.75, 3.05) is 26.2 Å². The maximum absolute atomic E-state index is 11.9. The lowest BCUT2D eigenvalue weighted by atomic mass is 9.93. The molecule has 5 nitrogen and oxygen atoms in total. The molecule has 5 heteroatoms. The van der Waals surface area contributed by atoms with Crippen LogP contribution in [0.5, 0.6) is 0 Å². The molecule has 1 fully saturated rings. The lowest BCUT2D eigenvalue weighted by molar-refractivity contribution is 0.370. The molecule has 0 bridgehead atoms. The number of aromatic nitrogens is 1. The van der Waals surface area contributed by atoms with Crippen LogP contribution in [-0.4, -0.2) is 41.6 Å². The number of unbranched alkanes of at least 4 members (excludes halogenated alkanes) is 1. The summed E-state index contributed by atoms with van der Waals surface area (Å²) >= 11 is 0. The highest BCUT2D eigenvalue weighted by molar-refractivity contribution is 5.80. The molecule has 134 valence electrons. The highest BCUT2D eigenvalue weighted by Gasteiger charge is 2.30. The van der Waals surface area contributed by atoms with Gasteiger partial charge in [-0.1, -0.05) is 19.9 Å². The zero-order chi connectivity index (χ0) is 17.6. The molecule has 0 saturated carbocycles. The van der Waals surface area contributed by atoms with E-state index in [1.165, 1.54) is 6.42 Å². The quantitative estimate of drug-likeness (QED) is 0.495. The number of likely N-dealkylation sites (tertiary alicyclic amines) is 1. The second-order valence-corrected chi connectivity index (χ2v) is 7.44. The van der Waals surface area contributed by atoms with Gasteiger partial charge in [0.2, 0.25) is 0 Å². The van der Waals surface area contributed by atoms with E-state index >= 15 is 0 Å². The van der Waals surface area contributed by atoms with Crippen molar-refractivity contribution >= 4 is 5.96 Å². The predicted molar refractivity (Wildman–Crippen MR) is 101 cm³/mol. The van der Waals surface area contributed by atoms with E-state index in [0.29, 0.717) is 5.41 Å². The number of aliphatic imine (C=N–C) groups is 1. The van der Waals surface area contributed by atoms with Gasteiger partial charge >= 0.3 is 0 Å². The van der Waals surface area contributed by atoms with Crippen LogP contribution in [0.4, 0.5) is 0 Å². The Balaban J connectivity index is 1.83. The Kier molecular flexibility index (Phi) is 6.46. The van der Waals surface area contributed by atoms with Crippen LogP contribution >= 0.6 is 0 Å². The number of nitrogens with zero attached hydrogens (tertiary/aromatic N) is 3. The summed E-state index contributed by atoms with van der Waals surface area (Å²) in [5.41, 5.74) is 1.49. The first kappa shape index (κ1) is 18.6. The molecule has 0 unspecified atom stereocenters. The Hall–Kier alpha value is -1.78. The third-order valence-electron chi connectivity index (χ3n) is 4.63. The Morgan fingerprint density at radius 1 is 1.33 bits per heavy atom. The zero-order valence-corrected chi connectivity index (χ0v) is 15.6. The summed E-state index contributed by atoms with van der Waals surface area (Å²) in [6.45, 7) is 13.4. The van der Waals surface area contributed by atoms with E-state index in [0.717, 1.165) is 57.2 Å². The number of rotatable bonds is 6. The number of aryl methyl sites for hydroxylation is 1. The van der Waals surface area contributed by atoms with E-state index in [1.807, 2.05) is 23.6 Å². The number of hydrogen-bond acceptors (Lipinski definition) is 2. The van der Waals surface area contributed by atoms with Gasteiger partial charge in [-0.15, -0.1) is 0 Å². The first-order valence-corrected chi connectivity index (χ1v) is 9.13. The molecule has 1 aromatic rings. The van der Waals surface area contributed by atoms with Crippen LogP contribution in [-0.2, 0) is 6.54 Å². The average Bonchev–Trinajstić information content (AvgIpc) is 2.88. The van der Waals surface area contributed by atoms with Crippen LogP contribution in [0.25, 0.3) is 0 Å². The molecule has 1 saturated heterocycles. The third-order valence-corrected chi connectivity index (χ3v) is 4.63. The number of guanidine groups is 1. The van der Waals surface area contributed by atoms with Gasteiger partial charge in [0.05, 0.1) is 0 Å². The van der Waals surface area contributed by atoms with Crippen molar-refractivity contribution in [2.24, 2.45) is 10.4 Å². The lowest BCUT2D eigenvalue weighted by Crippen LogP contribution is -2.40. The molecule has 24 heavy (non-hydrogen) atoms. The number of hydrogen-bond donors (Lipinski definition) is 1. The summed E-state index contributed by atoms with van der Waals surface area (Å²) in [7, 11) is 0. The van der Waals surface area contributed by atoms with Crippen LogP contribution in [0.1, 0.15) is 45.7 Å². The fraction of sp³-hybridized carbons (Fsp3) is 0.684. The van der Waals surface area contributed by atoms with E-state index in [4.69, 9.17) is 4.99 Å². The van der Waals surface area contributed by atoms with Crippen molar-refractivity contribution in [3.63, 3.8) is 0 Å². The smallest absolute Gasteiger partial charge is 0.250 e. The summed E-state index contributed by atoms with van der Waals surface area (Å²) in [5, 5.41) is 3.41. The van der Waals surface area contributed by atoms with Gasteiger partial charge in [0.1, 0.15) is 0 Å². The van der Waals surface area contributed by atoms with E-state index in [2.05, 4.69) is 31.0 Å². The largest absolute Gasteiger partial charge is 0.357 e. The van der Waals surface area contributed by atoms with Crippen LogP contribution in [0.15, 0.2) is 28.0 Å². The molecular formula is C19H32N4O. The van der Waals surface area contributed by atoms with Crippen molar-refractivity contribution in [1.29, 1.82) is 0 Å². The fourth-order valence-corrected chi connectivity index (χ4v) is 3.20. The molecule has 0 spiro atoms. The van der Waals surface area contributed by atoms with Gasteiger partial charge in [0, 0.05) is 44.5 Å². The topological polar surface area (TPSA) is 49.6 Å². The maximum atomic E-state index is 11.9. The van der Waals surface area contributed by atoms with Crippen LogP contribution in [0.3, 0.4) is 0 Å². The summed E-state index contributed by atoms with van der Waals surface area (Å²) < 4.78 is 1.85. The molecular weight excluding hydrogens is 300 g/mol. The Morgan fingerprint density at radius 2 is 2.12 bits per heavy atom. The molecule has 2 heterocycles. The van der Waals surface area contributed by atoms with Gasteiger partial charge in [-0.3, -0.25) is 9.79 Å². The van der Waals surface area contributed by atoms with Crippen LogP contribution in [0.2, 0.25) is 0 Å². The van der Waals surface area contributed by atoms with Gasteiger partial charge in [-0.25, -0.2) is 0 Å². The standard InChI is InChI=1S/C19H32N4O/c1-5-20-18(22-14-11-19(3,4)15-22)21-12-6-7-13-23-16(2)9-8-10-17(23)24/h8-10H,5-7,11-15H2,1-4H3,(H,20,21). The highest BCUT2D eigenvalue weighted by Crippen LogP contribution is 2.28. The molecule has 0 aromatic carbocycles. The van der Waals surface area contributed by atoms with Crippen molar-refractivity contribution in [3.05, 3.63) is 34.2 Å². The third kappa shape index (κ3) is 5.11. The van der Waals surface area contributed by atoms with Crippen LogP contribution < -0.4 is 10.9 Å².